The van der Waals surface area contributed by atoms with E-state index in [2.05, 4.69) is 10.6 Å². The van der Waals surface area contributed by atoms with Crippen LogP contribution in [0.5, 0.6) is 0 Å². The van der Waals surface area contributed by atoms with Crippen LogP contribution in [0, 0.1) is 0 Å². The molecule has 1 saturated heterocycles. The normalized spacial score (nSPS) is 20.1. The molecule has 8 heteroatoms. The van der Waals surface area contributed by atoms with E-state index in [-0.39, 0.29) is 29.9 Å². The number of hydrogen-bond acceptors (Lipinski definition) is 4. The molecule has 1 atom stereocenters. The molecule has 29 heavy (non-hydrogen) atoms. The maximum atomic E-state index is 12.4. The highest BCUT2D eigenvalue weighted by Gasteiger charge is 2.30. The van der Waals surface area contributed by atoms with E-state index in [1.165, 1.54) is 4.31 Å². The van der Waals surface area contributed by atoms with E-state index in [1.54, 1.807) is 24.3 Å². The van der Waals surface area contributed by atoms with E-state index in [4.69, 9.17) is 0 Å². The Bertz CT molecular complexity index is 1050. The van der Waals surface area contributed by atoms with Crippen molar-refractivity contribution in [3.8, 4) is 0 Å². The number of carbonyl (C=O) groups excluding carboxylic acids is 2. The molecule has 4 rings (SSSR count). The van der Waals surface area contributed by atoms with E-state index in [1.807, 2.05) is 24.3 Å². The molecule has 2 N–H and O–H groups in total. The van der Waals surface area contributed by atoms with Crippen molar-refractivity contribution >= 4 is 38.9 Å². The molecule has 7 nitrogen and oxygen atoms in total. The molecule has 2 aliphatic heterocycles. The first-order valence-electron chi connectivity index (χ1n) is 9.74. The van der Waals surface area contributed by atoms with Gasteiger partial charge in [0.05, 0.1) is 17.4 Å². The summed E-state index contributed by atoms with van der Waals surface area (Å²) in [6.07, 6.45) is 2.10. The molecule has 0 bridgehead atoms. The summed E-state index contributed by atoms with van der Waals surface area (Å²) in [5.74, 6) is -0.479. The first kappa shape index (κ1) is 19.4. The van der Waals surface area contributed by atoms with Crippen LogP contribution >= 0.6 is 0 Å². The number of anilines is 3. The third kappa shape index (κ3) is 4.12. The molecule has 0 spiro atoms. The van der Waals surface area contributed by atoms with Gasteiger partial charge in [0.15, 0.2) is 0 Å². The summed E-state index contributed by atoms with van der Waals surface area (Å²) in [6, 6.07) is 14.4. The lowest BCUT2D eigenvalue weighted by atomic mass is 9.95. The van der Waals surface area contributed by atoms with Gasteiger partial charge in [0, 0.05) is 24.3 Å². The highest BCUT2D eigenvalue weighted by Crippen LogP contribution is 2.35. The zero-order valence-electron chi connectivity index (χ0n) is 15.9. The molecule has 1 fully saturated rings. The Labute approximate surface area is 170 Å². The minimum Gasteiger partial charge on any atom is -0.326 e. The summed E-state index contributed by atoms with van der Waals surface area (Å²) in [6.45, 7) is 0.454. The fourth-order valence-electron chi connectivity index (χ4n) is 3.88. The Morgan fingerprint density at radius 2 is 1.97 bits per heavy atom. The number of nitrogens with zero attached hydrogens (tertiary/aromatic N) is 1. The molecule has 2 heterocycles. The lowest BCUT2D eigenvalue weighted by molar-refractivity contribution is -0.118. The smallest absolute Gasteiger partial charge is 0.235 e. The van der Waals surface area contributed by atoms with Crippen LogP contribution in [0.1, 0.15) is 37.2 Å². The Kier molecular flexibility index (Phi) is 5.27. The zero-order valence-corrected chi connectivity index (χ0v) is 16.7. The summed E-state index contributed by atoms with van der Waals surface area (Å²) >= 11 is 0. The van der Waals surface area contributed by atoms with E-state index in [9.17, 15) is 18.0 Å². The molecule has 2 aromatic carbocycles. The summed E-state index contributed by atoms with van der Waals surface area (Å²) in [5.41, 5.74) is 2.83. The molecule has 152 valence electrons. The number of sulfonamides is 1. The topological polar surface area (TPSA) is 95.6 Å². The fourth-order valence-corrected chi connectivity index (χ4v) is 5.51. The minimum atomic E-state index is -3.30. The van der Waals surface area contributed by atoms with Crippen LogP contribution in [-0.2, 0) is 19.6 Å². The van der Waals surface area contributed by atoms with Crippen LogP contribution in [0.2, 0.25) is 0 Å². The van der Waals surface area contributed by atoms with Gasteiger partial charge >= 0.3 is 0 Å². The first-order chi connectivity index (χ1) is 13.9. The van der Waals surface area contributed by atoms with Gasteiger partial charge in [-0.1, -0.05) is 24.3 Å². The van der Waals surface area contributed by atoms with Crippen molar-refractivity contribution in [2.75, 3.05) is 27.2 Å². The molecule has 0 radical (unpaired) electrons. The van der Waals surface area contributed by atoms with E-state index < -0.39 is 10.0 Å². The lowest BCUT2D eigenvalue weighted by Gasteiger charge is -2.28. The Morgan fingerprint density at radius 3 is 2.79 bits per heavy atom. The quantitative estimate of drug-likeness (QED) is 0.787. The minimum absolute atomic E-state index is 0.0868. The Balaban J connectivity index is 1.40. The predicted octanol–water partition coefficient (Wildman–Crippen LogP) is 3.07. The molecule has 0 saturated carbocycles. The third-order valence-electron chi connectivity index (χ3n) is 5.34. The van der Waals surface area contributed by atoms with Gasteiger partial charge in [-0.25, -0.2) is 8.42 Å². The van der Waals surface area contributed by atoms with Gasteiger partial charge in [0.1, 0.15) is 0 Å². The Hall–Kier alpha value is -2.87. The van der Waals surface area contributed by atoms with Gasteiger partial charge < -0.3 is 10.6 Å². The SMILES string of the molecule is O=C(CC[C@@H]1C(=O)Nc2ccccc21)Nc1cccc(N2CCCCS2(=O)=O)c1. The van der Waals surface area contributed by atoms with Crippen LogP contribution in [-0.4, -0.2) is 32.5 Å². The van der Waals surface area contributed by atoms with E-state index in [0.29, 0.717) is 30.8 Å². The van der Waals surface area contributed by atoms with Gasteiger partial charge in [-0.15, -0.1) is 0 Å². The van der Waals surface area contributed by atoms with Crippen LogP contribution in [0.15, 0.2) is 48.5 Å². The second-order valence-electron chi connectivity index (χ2n) is 7.36. The first-order valence-corrected chi connectivity index (χ1v) is 11.3. The van der Waals surface area contributed by atoms with Crippen molar-refractivity contribution in [3.05, 3.63) is 54.1 Å². The molecular formula is C21H23N3O4S. The van der Waals surface area contributed by atoms with Gasteiger partial charge in [0.25, 0.3) is 0 Å². The largest absolute Gasteiger partial charge is 0.326 e. The van der Waals surface area contributed by atoms with Crippen molar-refractivity contribution in [3.63, 3.8) is 0 Å². The molecule has 2 aromatic rings. The number of amides is 2. The van der Waals surface area contributed by atoms with E-state index >= 15 is 0 Å². The number of hydrogen-bond donors (Lipinski definition) is 2. The molecule has 2 amide bonds. The number of carbonyl (C=O) groups is 2. The van der Waals surface area contributed by atoms with Gasteiger partial charge in [-0.3, -0.25) is 13.9 Å². The number of rotatable bonds is 5. The third-order valence-corrected chi connectivity index (χ3v) is 7.21. The average molecular weight is 413 g/mol. The summed E-state index contributed by atoms with van der Waals surface area (Å²) in [5, 5.41) is 5.66. The van der Waals surface area contributed by atoms with Crippen LogP contribution in [0.4, 0.5) is 17.1 Å². The molecule has 2 aliphatic rings. The van der Waals surface area contributed by atoms with Crippen LogP contribution < -0.4 is 14.9 Å². The van der Waals surface area contributed by atoms with Gasteiger partial charge in [0.2, 0.25) is 21.8 Å². The molecule has 0 unspecified atom stereocenters. The Morgan fingerprint density at radius 1 is 1.14 bits per heavy atom. The summed E-state index contributed by atoms with van der Waals surface area (Å²) in [4.78, 5) is 24.6. The van der Waals surface area contributed by atoms with Crippen molar-refractivity contribution < 1.29 is 18.0 Å². The number of nitrogens with one attached hydrogen (secondary N) is 2. The highest BCUT2D eigenvalue weighted by molar-refractivity contribution is 7.92. The monoisotopic (exact) mass is 413 g/mol. The fraction of sp³-hybridized carbons (Fsp3) is 0.333. The van der Waals surface area contributed by atoms with Crippen molar-refractivity contribution in [2.24, 2.45) is 0 Å². The predicted molar refractivity (Wildman–Crippen MR) is 112 cm³/mol. The number of fused-ring (bicyclic) bond motifs is 1. The van der Waals surface area contributed by atoms with Crippen LogP contribution in [0.3, 0.4) is 0 Å². The number of para-hydroxylation sites is 1. The molecule has 0 aromatic heterocycles. The standard InChI is InChI=1S/C21H23N3O4S/c25-20(11-10-18-17-8-1-2-9-19(17)23-21(18)26)22-15-6-5-7-16(14-15)24-12-3-4-13-29(24,27)28/h1-2,5-9,14,18H,3-4,10-13H2,(H,22,25)(H,23,26)/t18-/m0/s1. The van der Waals surface area contributed by atoms with Crippen molar-refractivity contribution in [2.45, 2.75) is 31.6 Å². The highest BCUT2D eigenvalue weighted by atomic mass is 32.2. The maximum Gasteiger partial charge on any atom is 0.235 e. The van der Waals surface area contributed by atoms with E-state index in [0.717, 1.165) is 17.7 Å². The molecule has 0 aliphatic carbocycles. The second kappa shape index (κ2) is 7.87. The van der Waals surface area contributed by atoms with Crippen molar-refractivity contribution in [1.82, 2.24) is 0 Å². The number of benzene rings is 2. The van der Waals surface area contributed by atoms with Gasteiger partial charge in [-0.2, -0.15) is 0 Å². The maximum absolute atomic E-state index is 12.4. The van der Waals surface area contributed by atoms with Gasteiger partial charge in [-0.05, 0) is 49.1 Å². The average Bonchev–Trinajstić information content (AvgIpc) is 3.01. The summed E-state index contributed by atoms with van der Waals surface area (Å²) in [7, 11) is -3.30. The van der Waals surface area contributed by atoms with Crippen molar-refractivity contribution in [1.29, 1.82) is 0 Å². The van der Waals surface area contributed by atoms with Crippen LogP contribution in [0.25, 0.3) is 0 Å². The second-order valence-corrected chi connectivity index (χ2v) is 9.37. The summed E-state index contributed by atoms with van der Waals surface area (Å²) < 4.78 is 26.0. The molecular weight excluding hydrogens is 390 g/mol. The zero-order chi connectivity index (χ0) is 20.4. The lowest BCUT2D eigenvalue weighted by Crippen LogP contribution is -2.37.